The molecule has 1 aromatic rings. The third-order valence-electron chi connectivity index (χ3n) is 3.86. The molecule has 1 aliphatic heterocycles. The average molecular weight is 290 g/mol. The maximum atomic E-state index is 12.2. The Balaban J connectivity index is 1.76. The van der Waals surface area contributed by atoms with Crippen molar-refractivity contribution in [3.05, 3.63) is 23.8 Å². The number of carbonyl (C=O) groups excluding carboxylic acids is 2. The first-order valence-electron chi connectivity index (χ1n) is 6.97. The zero-order valence-electron chi connectivity index (χ0n) is 11.6. The van der Waals surface area contributed by atoms with Gasteiger partial charge in [-0.1, -0.05) is 0 Å². The van der Waals surface area contributed by atoms with E-state index in [0.29, 0.717) is 11.5 Å². The van der Waals surface area contributed by atoms with E-state index in [0.717, 1.165) is 10.6 Å². The van der Waals surface area contributed by atoms with E-state index in [1.165, 1.54) is 24.6 Å². The summed E-state index contributed by atoms with van der Waals surface area (Å²) in [7, 11) is 0. The van der Waals surface area contributed by atoms with Gasteiger partial charge in [0.1, 0.15) is 0 Å². The molecule has 20 heavy (non-hydrogen) atoms. The molecule has 0 bridgehead atoms. The lowest BCUT2D eigenvalue weighted by Gasteiger charge is -2.22. The molecule has 2 aliphatic rings. The van der Waals surface area contributed by atoms with Gasteiger partial charge in [-0.05, 0) is 50.8 Å². The van der Waals surface area contributed by atoms with Crippen LogP contribution in [0.2, 0.25) is 0 Å². The molecule has 0 spiro atoms. The number of anilines is 1. The fourth-order valence-electron chi connectivity index (χ4n) is 2.35. The Morgan fingerprint density at radius 3 is 2.90 bits per heavy atom. The van der Waals surface area contributed by atoms with Crippen LogP contribution in [0.15, 0.2) is 23.1 Å². The molecule has 1 heterocycles. The molecule has 4 nitrogen and oxygen atoms in total. The molecule has 3 rings (SSSR count). The number of carbonyl (C=O) groups is 2. The van der Waals surface area contributed by atoms with Crippen LogP contribution in [-0.4, -0.2) is 23.1 Å². The number of rotatable bonds is 3. The molecule has 5 heteroatoms. The van der Waals surface area contributed by atoms with Gasteiger partial charge in [0, 0.05) is 16.5 Å². The van der Waals surface area contributed by atoms with E-state index in [-0.39, 0.29) is 23.1 Å². The van der Waals surface area contributed by atoms with Gasteiger partial charge in [0.15, 0.2) is 0 Å². The van der Waals surface area contributed by atoms with Crippen molar-refractivity contribution in [2.75, 3.05) is 5.32 Å². The van der Waals surface area contributed by atoms with Crippen molar-refractivity contribution in [1.82, 2.24) is 5.32 Å². The largest absolute Gasteiger partial charge is 0.349 e. The Hall–Kier alpha value is -1.49. The summed E-state index contributed by atoms with van der Waals surface area (Å²) in [6.07, 6.45) is 2.41. The molecule has 1 aromatic carbocycles. The summed E-state index contributed by atoms with van der Waals surface area (Å²) in [5, 5.41) is 5.79. The first kappa shape index (κ1) is 13.5. The van der Waals surface area contributed by atoms with E-state index in [2.05, 4.69) is 10.6 Å². The Morgan fingerprint density at radius 2 is 2.20 bits per heavy atom. The summed E-state index contributed by atoms with van der Waals surface area (Å²) in [5.41, 5.74) is 1.34. The molecule has 2 atom stereocenters. The zero-order valence-corrected chi connectivity index (χ0v) is 12.4. The number of hydrogen-bond acceptors (Lipinski definition) is 3. The van der Waals surface area contributed by atoms with Gasteiger partial charge in [-0.3, -0.25) is 9.59 Å². The number of amides is 2. The number of nitrogens with one attached hydrogen (secondary N) is 2. The van der Waals surface area contributed by atoms with Crippen LogP contribution in [0.3, 0.4) is 0 Å². The highest BCUT2D eigenvalue weighted by atomic mass is 32.2. The van der Waals surface area contributed by atoms with Crippen LogP contribution in [0.25, 0.3) is 0 Å². The predicted molar refractivity (Wildman–Crippen MR) is 80.0 cm³/mol. The van der Waals surface area contributed by atoms with Gasteiger partial charge >= 0.3 is 0 Å². The van der Waals surface area contributed by atoms with E-state index < -0.39 is 0 Å². The smallest absolute Gasteiger partial charge is 0.251 e. The molecule has 0 aromatic heterocycles. The van der Waals surface area contributed by atoms with E-state index in [9.17, 15) is 9.59 Å². The van der Waals surface area contributed by atoms with Gasteiger partial charge in [-0.25, -0.2) is 0 Å². The van der Waals surface area contributed by atoms with Crippen molar-refractivity contribution in [2.45, 2.75) is 42.9 Å². The van der Waals surface area contributed by atoms with Crippen LogP contribution in [0, 0.1) is 5.92 Å². The van der Waals surface area contributed by atoms with Gasteiger partial charge < -0.3 is 10.6 Å². The zero-order chi connectivity index (χ0) is 14.3. The second kappa shape index (κ2) is 5.13. The summed E-state index contributed by atoms with van der Waals surface area (Å²) >= 11 is 1.53. The van der Waals surface area contributed by atoms with Crippen LogP contribution in [-0.2, 0) is 4.79 Å². The minimum atomic E-state index is -0.0861. The number of thioether (sulfide) groups is 1. The number of benzene rings is 1. The van der Waals surface area contributed by atoms with Crippen LogP contribution in [0.1, 0.15) is 37.0 Å². The predicted octanol–water partition coefficient (Wildman–Crippen LogP) is 2.65. The summed E-state index contributed by atoms with van der Waals surface area (Å²) in [6, 6.07) is 5.72. The third kappa shape index (κ3) is 2.68. The van der Waals surface area contributed by atoms with Crippen molar-refractivity contribution >= 4 is 29.3 Å². The second-order valence-electron chi connectivity index (χ2n) is 5.56. The second-order valence-corrected chi connectivity index (χ2v) is 6.94. The Morgan fingerprint density at radius 1 is 1.45 bits per heavy atom. The first-order valence-corrected chi connectivity index (χ1v) is 7.85. The molecule has 1 aliphatic carbocycles. The van der Waals surface area contributed by atoms with Gasteiger partial charge in [0.25, 0.3) is 5.91 Å². The standard InChI is InChI=1S/C15H18N2O2S/c1-8(10-3-4-10)16-15(19)11-5-6-13-12(7-11)17-14(18)9(2)20-13/h5-10H,3-4H2,1-2H3,(H,16,19)(H,17,18)/t8-,9-/m1/s1. The van der Waals surface area contributed by atoms with Gasteiger partial charge in [0.05, 0.1) is 10.9 Å². The minimum absolute atomic E-state index is 0.00796. The van der Waals surface area contributed by atoms with Crippen molar-refractivity contribution < 1.29 is 9.59 Å². The molecule has 2 amide bonds. The fraction of sp³-hybridized carbons (Fsp3) is 0.467. The van der Waals surface area contributed by atoms with E-state index in [4.69, 9.17) is 0 Å². The first-order chi connectivity index (χ1) is 9.54. The maximum Gasteiger partial charge on any atom is 0.251 e. The molecule has 1 saturated carbocycles. The molecule has 0 radical (unpaired) electrons. The SMILES string of the molecule is C[C@H]1Sc2ccc(C(=O)N[C@H](C)C3CC3)cc2NC1=O. The highest BCUT2D eigenvalue weighted by Gasteiger charge is 2.29. The molecule has 106 valence electrons. The molecular weight excluding hydrogens is 272 g/mol. The molecule has 1 fully saturated rings. The molecule has 0 saturated heterocycles. The minimum Gasteiger partial charge on any atom is -0.349 e. The van der Waals surface area contributed by atoms with Crippen LogP contribution < -0.4 is 10.6 Å². The Kier molecular flexibility index (Phi) is 3.46. The fourth-order valence-corrected chi connectivity index (χ4v) is 3.28. The van der Waals surface area contributed by atoms with E-state index in [1.54, 1.807) is 6.07 Å². The molecule has 0 unspecified atom stereocenters. The van der Waals surface area contributed by atoms with Crippen molar-refractivity contribution in [1.29, 1.82) is 0 Å². The molecular formula is C15H18N2O2S. The Labute approximate surface area is 122 Å². The van der Waals surface area contributed by atoms with Gasteiger partial charge in [-0.2, -0.15) is 0 Å². The highest BCUT2D eigenvalue weighted by molar-refractivity contribution is 8.00. The molecule has 2 N–H and O–H groups in total. The summed E-state index contributed by atoms with van der Waals surface area (Å²) in [6.45, 7) is 3.92. The average Bonchev–Trinajstić information content (AvgIpc) is 3.23. The third-order valence-corrected chi connectivity index (χ3v) is 5.04. The summed E-state index contributed by atoms with van der Waals surface area (Å²) in [5.74, 6) is 0.559. The number of hydrogen-bond donors (Lipinski definition) is 2. The lowest BCUT2D eigenvalue weighted by molar-refractivity contribution is -0.115. The van der Waals surface area contributed by atoms with Crippen LogP contribution in [0.4, 0.5) is 5.69 Å². The van der Waals surface area contributed by atoms with Crippen LogP contribution in [0.5, 0.6) is 0 Å². The normalized spacial score (nSPS) is 22.7. The van der Waals surface area contributed by atoms with Crippen molar-refractivity contribution in [3.8, 4) is 0 Å². The van der Waals surface area contributed by atoms with Crippen molar-refractivity contribution in [2.24, 2.45) is 5.92 Å². The summed E-state index contributed by atoms with van der Waals surface area (Å²) < 4.78 is 0. The highest BCUT2D eigenvalue weighted by Crippen LogP contribution is 2.36. The van der Waals surface area contributed by atoms with E-state index >= 15 is 0 Å². The lowest BCUT2D eigenvalue weighted by atomic mass is 10.1. The van der Waals surface area contributed by atoms with Crippen LogP contribution >= 0.6 is 11.8 Å². The quantitative estimate of drug-likeness (QED) is 0.899. The van der Waals surface area contributed by atoms with Crippen molar-refractivity contribution in [3.63, 3.8) is 0 Å². The van der Waals surface area contributed by atoms with Gasteiger partial charge in [0.2, 0.25) is 5.91 Å². The van der Waals surface area contributed by atoms with Gasteiger partial charge in [-0.15, -0.1) is 11.8 Å². The Bertz CT molecular complexity index is 569. The monoisotopic (exact) mass is 290 g/mol. The summed E-state index contributed by atoms with van der Waals surface area (Å²) in [4.78, 5) is 24.9. The maximum absolute atomic E-state index is 12.2. The topological polar surface area (TPSA) is 58.2 Å². The van der Waals surface area contributed by atoms with E-state index in [1.807, 2.05) is 26.0 Å². The number of fused-ring (bicyclic) bond motifs is 1. The lowest BCUT2D eigenvalue weighted by Crippen LogP contribution is -2.34.